The average Bonchev–Trinajstić information content (AvgIpc) is 2.59. The minimum absolute atomic E-state index is 0.263. The Labute approximate surface area is 127 Å². The number of rotatable bonds is 1. The van der Waals surface area contributed by atoms with Gasteiger partial charge in [0.05, 0.1) is 17.2 Å². The normalized spacial score (nSPS) is 22.5. The van der Waals surface area contributed by atoms with E-state index in [4.69, 9.17) is 0 Å². The molecular formula is C16H17N3O3. The van der Waals surface area contributed by atoms with E-state index in [0.717, 1.165) is 5.56 Å². The zero-order valence-electron chi connectivity index (χ0n) is 12.5. The summed E-state index contributed by atoms with van der Waals surface area (Å²) in [4.78, 5) is 41.0. The Hall–Kier alpha value is -2.50. The van der Waals surface area contributed by atoms with Crippen molar-refractivity contribution in [2.75, 3.05) is 0 Å². The van der Waals surface area contributed by atoms with Gasteiger partial charge in [-0.05, 0) is 38.8 Å². The second kappa shape index (κ2) is 5.05. The van der Waals surface area contributed by atoms with Gasteiger partial charge >= 0.3 is 0 Å². The molecule has 1 saturated heterocycles. The molecule has 22 heavy (non-hydrogen) atoms. The van der Waals surface area contributed by atoms with Gasteiger partial charge in [-0.15, -0.1) is 0 Å². The third-order valence-corrected chi connectivity index (χ3v) is 4.25. The van der Waals surface area contributed by atoms with Gasteiger partial charge < -0.3 is 0 Å². The summed E-state index contributed by atoms with van der Waals surface area (Å²) in [5.41, 5.74) is 0.185. The van der Waals surface area contributed by atoms with Gasteiger partial charge in [-0.25, -0.2) is 4.98 Å². The van der Waals surface area contributed by atoms with Crippen molar-refractivity contribution in [3.63, 3.8) is 0 Å². The molecule has 0 saturated carbocycles. The van der Waals surface area contributed by atoms with Gasteiger partial charge in [0, 0.05) is 6.42 Å². The first-order valence-electron chi connectivity index (χ1n) is 7.24. The lowest BCUT2D eigenvalue weighted by Crippen LogP contribution is -2.50. The van der Waals surface area contributed by atoms with Gasteiger partial charge in [-0.1, -0.05) is 11.6 Å². The number of amides is 2. The number of nitrogens with one attached hydrogen (secondary N) is 1. The van der Waals surface area contributed by atoms with Crippen molar-refractivity contribution in [2.24, 2.45) is 0 Å². The van der Waals surface area contributed by atoms with Crippen molar-refractivity contribution in [2.45, 2.75) is 38.6 Å². The molecule has 1 aliphatic rings. The maximum absolute atomic E-state index is 12.8. The molecule has 6 nitrogen and oxygen atoms in total. The van der Waals surface area contributed by atoms with Crippen LogP contribution in [0.15, 0.2) is 29.3 Å². The molecule has 1 aliphatic heterocycles. The number of benzene rings is 1. The predicted molar refractivity (Wildman–Crippen MR) is 81.4 cm³/mol. The van der Waals surface area contributed by atoms with Crippen LogP contribution >= 0.6 is 0 Å². The lowest BCUT2D eigenvalue weighted by Gasteiger charge is -2.28. The number of nitrogens with zero attached hydrogens (tertiary/aromatic N) is 2. The Balaban J connectivity index is 2.20. The van der Waals surface area contributed by atoms with E-state index in [1.165, 1.54) is 10.9 Å². The molecule has 0 spiro atoms. The van der Waals surface area contributed by atoms with E-state index in [1.807, 2.05) is 13.0 Å². The first kappa shape index (κ1) is 14.4. The maximum Gasteiger partial charge on any atom is 0.262 e. The van der Waals surface area contributed by atoms with E-state index in [0.29, 0.717) is 23.7 Å². The topological polar surface area (TPSA) is 81.1 Å². The maximum atomic E-state index is 12.8. The van der Waals surface area contributed by atoms with Crippen LogP contribution in [0, 0.1) is 6.92 Å². The molecule has 0 bridgehead atoms. The van der Waals surface area contributed by atoms with Crippen molar-refractivity contribution in [3.05, 3.63) is 40.4 Å². The lowest BCUT2D eigenvalue weighted by atomic mass is 9.94. The molecule has 2 aromatic rings. The zero-order chi connectivity index (χ0) is 15.9. The highest BCUT2D eigenvalue weighted by atomic mass is 16.2. The molecule has 0 aliphatic carbocycles. The number of imide groups is 1. The smallest absolute Gasteiger partial charge is 0.262 e. The van der Waals surface area contributed by atoms with E-state index in [9.17, 15) is 14.4 Å². The molecule has 1 aromatic heterocycles. The Bertz CT molecular complexity index is 840. The fourth-order valence-corrected chi connectivity index (χ4v) is 2.85. The van der Waals surface area contributed by atoms with Crippen LogP contribution in [-0.4, -0.2) is 21.4 Å². The van der Waals surface area contributed by atoms with Crippen LogP contribution in [0.25, 0.3) is 10.9 Å². The number of carbonyl (C=O) groups excluding carboxylic acids is 2. The van der Waals surface area contributed by atoms with Crippen LogP contribution < -0.4 is 10.9 Å². The number of hydrogen-bond donors (Lipinski definition) is 1. The van der Waals surface area contributed by atoms with Crippen LogP contribution in [-0.2, 0) is 15.1 Å². The molecular weight excluding hydrogens is 282 g/mol. The molecule has 1 N–H and O–H groups in total. The van der Waals surface area contributed by atoms with Gasteiger partial charge in [-0.2, -0.15) is 0 Å². The molecule has 0 radical (unpaired) electrons. The summed E-state index contributed by atoms with van der Waals surface area (Å²) in [6, 6.07) is 5.44. The van der Waals surface area contributed by atoms with E-state index in [-0.39, 0.29) is 17.9 Å². The highest BCUT2D eigenvalue weighted by Gasteiger charge is 2.39. The zero-order valence-corrected chi connectivity index (χ0v) is 12.5. The predicted octanol–water partition coefficient (Wildman–Crippen LogP) is 1.25. The molecule has 1 atom stereocenters. The van der Waals surface area contributed by atoms with E-state index in [1.54, 1.807) is 19.1 Å². The Morgan fingerprint density at radius 3 is 2.82 bits per heavy atom. The standard InChI is InChI=1S/C16H17N3O3/c1-10-5-6-12-11(8-10)14(21)19(9-17-12)16(2)7-3-4-13(20)18-15(16)22/h5-6,8-9H,3-4,7H2,1-2H3,(H,18,20,22). The highest BCUT2D eigenvalue weighted by Crippen LogP contribution is 2.25. The minimum Gasteiger partial charge on any atom is -0.294 e. The molecule has 6 heteroatoms. The number of carbonyl (C=O) groups is 2. The lowest BCUT2D eigenvalue weighted by molar-refractivity contribution is -0.134. The fourth-order valence-electron chi connectivity index (χ4n) is 2.85. The van der Waals surface area contributed by atoms with Crippen LogP contribution in [0.3, 0.4) is 0 Å². The third kappa shape index (κ3) is 2.20. The first-order valence-corrected chi connectivity index (χ1v) is 7.24. The monoisotopic (exact) mass is 299 g/mol. The Kier molecular flexibility index (Phi) is 3.31. The van der Waals surface area contributed by atoms with Gasteiger partial charge in [0.25, 0.3) is 11.5 Å². The summed E-state index contributed by atoms with van der Waals surface area (Å²) in [7, 11) is 0. The highest BCUT2D eigenvalue weighted by molar-refractivity contribution is 5.99. The summed E-state index contributed by atoms with van der Waals surface area (Å²) in [6.07, 6.45) is 2.65. The van der Waals surface area contributed by atoms with Crippen molar-refractivity contribution < 1.29 is 9.59 Å². The Morgan fingerprint density at radius 1 is 1.27 bits per heavy atom. The van der Waals surface area contributed by atoms with E-state index < -0.39 is 11.4 Å². The first-order chi connectivity index (χ1) is 10.4. The molecule has 3 rings (SSSR count). The number of aryl methyl sites for hydroxylation is 1. The molecule has 1 aromatic carbocycles. The molecule has 1 fully saturated rings. The third-order valence-electron chi connectivity index (χ3n) is 4.25. The summed E-state index contributed by atoms with van der Waals surface area (Å²) in [5.74, 6) is -0.753. The van der Waals surface area contributed by atoms with Gasteiger partial charge in [-0.3, -0.25) is 24.3 Å². The Morgan fingerprint density at radius 2 is 2.05 bits per heavy atom. The van der Waals surface area contributed by atoms with Gasteiger partial charge in [0.1, 0.15) is 5.54 Å². The van der Waals surface area contributed by atoms with Crippen molar-refractivity contribution in [3.8, 4) is 0 Å². The minimum atomic E-state index is -1.10. The largest absolute Gasteiger partial charge is 0.294 e. The fraction of sp³-hybridized carbons (Fsp3) is 0.375. The van der Waals surface area contributed by atoms with Gasteiger partial charge in [0.15, 0.2) is 0 Å². The van der Waals surface area contributed by atoms with Crippen molar-refractivity contribution in [1.82, 2.24) is 14.9 Å². The van der Waals surface area contributed by atoms with E-state index >= 15 is 0 Å². The van der Waals surface area contributed by atoms with E-state index in [2.05, 4.69) is 10.3 Å². The van der Waals surface area contributed by atoms with Crippen LogP contribution in [0.4, 0.5) is 0 Å². The molecule has 2 heterocycles. The second-order valence-electron chi connectivity index (χ2n) is 5.95. The van der Waals surface area contributed by atoms with Crippen LogP contribution in [0.1, 0.15) is 31.7 Å². The number of hydrogen-bond acceptors (Lipinski definition) is 4. The summed E-state index contributed by atoms with van der Waals surface area (Å²) in [5, 5.41) is 2.83. The van der Waals surface area contributed by atoms with Crippen LogP contribution in [0.2, 0.25) is 0 Å². The average molecular weight is 299 g/mol. The summed E-state index contributed by atoms with van der Waals surface area (Å²) in [6.45, 7) is 3.57. The number of fused-ring (bicyclic) bond motifs is 1. The summed E-state index contributed by atoms with van der Waals surface area (Å²) >= 11 is 0. The molecule has 114 valence electrons. The molecule has 1 unspecified atom stereocenters. The molecule has 2 amide bonds. The van der Waals surface area contributed by atoms with Crippen LogP contribution in [0.5, 0.6) is 0 Å². The second-order valence-corrected chi connectivity index (χ2v) is 5.95. The van der Waals surface area contributed by atoms with Crippen molar-refractivity contribution >= 4 is 22.7 Å². The SMILES string of the molecule is Cc1ccc2ncn(C3(C)CCCC(=O)NC3=O)c(=O)c2c1. The van der Waals surface area contributed by atoms with Gasteiger partial charge in [0.2, 0.25) is 5.91 Å². The quantitative estimate of drug-likeness (QED) is 0.803. The summed E-state index contributed by atoms with van der Waals surface area (Å²) < 4.78 is 1.35. The number of aromatic nitrogens is 2. The van der Waals surface area contributed by atoms with Crippen molar-refractivity contribution in [1.29, 1.82) is 0 Å².